The van der Waals surface area contributed by atoms with Gasteiger partial charge < -0.3 is 10.1 Å². The first kappa shape index (κ1) is 14.8. The average Bonchev–Trinajstić information content (AvgIpc) is 2.42. The zero-order valence-electron chi connectivity index (χ0n) is 11.7. The van der Waals surface area contributed by atoms with Gasteiger partial charge in [0.25, 0.3) is 0 Å². The van der Waals surface area contributed by atoms with Crippen LogP contribution in [-0.2, 0) is 11.3 Å². The summed E-state index contributed by atoms with van der Waals surface area (Å²) in [7, 11) is 2.17. The van der Waals surface area contributed by atoms with E-state index < -0.39 is 0 Å². The van der Waals surface area contributed by atoms with Crippen molar-refractivity contribution in [3.63, 3.8) is 0 Å². The lowest BCUT2D eigenvalue weighted by Gasteiger charge is -2.31. The normalized spacial score (nSPS) is 21.6. The van der Waals surface area contributed by atoms with Gasteiger partial charge in [-0.05, 0) is 38.1 Å². The predicted molar refractivity (Wildman–Crippen MR) is 79.6 cm³/mol. The Morgan fingerprint density at radius 3 is 2.79 bits per heavy atom. The van der Waals surface area contributed by atoms with E-state index in [0.29, 0.717) is 12.1 Å². The summed E-state index contributed by atoms with van der Waals surface area (Å²) in [5.74, 6) is 0. The van der Waals surface area contributed by atoms with Gasteiger partial charge in [-0.3, -0.25) is 4.90 Å². The Bertz CT molecular complexity index is 376. The van der Waals surface area contributed by atoms with Gasteiger partial charge in [-0.2, -0.15) is 0 Å². The fourth-order valence-corrected chi connectivity index (χ4v) is 2.52. The minimum Gasteiger partial charge on any atom is -0.379 e. The number of ether oxygens (including phenoxy) is 1. The highest BCUT2D eigenvalue weighted by molar-refractivity contribution is 6.30. The van der Waals surface area contributed by atoms with Crippen LogP contribution in [0.25, 0.3) is 0 Å². The Hall–Kier alpha value is -0.610. The molecule has 1 aliphatic heterocycles. The highest BCUT2D eigenvalue weighted by atomic mass is 35.5. The van der Waals surface area contributed by atoms with Gasteiger partial charge >= 0.3 is 0 Å². The maximum atomic E-state index is 5.90. The first-order chi connectivity index (χ1) is 9.15. The fourth-order valence-electron chi connectivity index (χ4n) is 2.40. The molecule has 1 saturated heterocycles. The summed E-state index contributed by atoms with van der Waals surface area (Å²) in [5, 5.41) is 4.30. The van der Waals surface area contributed by atoms with E-state index >= 15 is 0 Å². The van der Waals surface area contributed by atoms with Crippen molar-refractivity contribution in [3.05, 3.63) is 34.9 Å². The van der Waals surface area contributed by atoms with Gasteiger partial charge in [0.1, 0.15) is 0 Å². The van der Waals surface area contributed by atoms with Gasteiger partial charge in [0, 0.05) is 30.2 Å². The van der Waals surface area contributed by atoms with Crippen molar-refractivity contribution in [2.24, 2.45) is 0 Å². The van der Waals surface area contributed by atoms with Gasteiger partial charge in [0.2, 0.25) is 0 Å². The van der Waals surface area contributed by atoms with Crippen molar-refractivity contribution in [2.75, 3.05) is 26.8 Å². The smallest absolute Gasteiger partial charge is 0.0620 e. The second kappa shape index (κ2) is 7.25. The number of nitrogens with zero attached hydrogens (tertiary/aromatic N) is 1. The summed E-state index contributed by atoms with van der Waals surface area (Å²) >= 11 is 5.90. The summed E-state index contributed by atoms with van der Waals surface area (Å²) in [5.41, 5.74) is 1.30. The zero-order chi connectivity index (χ0) is 13.7. The highest BCUT2D eigenvalue weighted by Crippen LogP contribution is 2.14. The molecule has 1 fully saturated rings. The third-order valence-electron chi connectivity index (χ3n) is 3.72. The van der Waals surface area contributed by atoms with E-state index in [-0.39, 0.29) is 0 Å². The Morgan fingerprint density at radius 1 is 1.42 bits per heavy atom. The van der Waals surface area contributed by atoms with Crippen LogP contribution in [0.3, 0.4) is 0 Å². The first-order valence-electron chi connectivity index (χ1n) is 6.91. The number of hydrogen-bond donors (Lipinski definition) is 1. The zero-order valence-corrected chi connectivity index (χ0v) is 12.5. The van der Waals surface area contributed by atoms with Crippen molar-refractivity contribution in [1.82, 2.24) is 10.2 Å². The summed E-state index contributed by atoms with van der Waals surface area (Å²) in [6.07, 6.45) is 1.12. The molecule has 1 aromatic carbocycles. The van der Waals surface area contributed by atoms with Crippen LogP contribution in [0.4, 0.5) is 0 Å². The number of nitrogens with one attached hydrogen (secondary N) is 1. The van der Waals surface area contributed by atoms with E-state index in [1.165, 1.54) is 5.56 Å². The van der Waals surface area contributed by atoms with Crippen LogP contribution in [0.2, 0.25) is 5.02 Å². The molecule has 0 aromatic heterocycles. The molecule has 2 unspecified atom stereocenters. The molecule has 0 radical (unpaired) electrons. The van der Waals surface area contributed by atoms with Crippen LogP contribution in [0.15, 0.2) is 24.3 Å². The molecule has 1 aromatic rings. The van der Waals surface area contributed by atoms with Crippen molar-refractivity contribution < 1.29 is 4.74 Å². The topological polar surface area (TPSA) is 24.5 Å². The standard InChI is InChI=1S/C15H23ClN2O/c1-12(9-15-11-19-8-7-17-15)18(2)10-13-3-5-14(16)6-4-13/h3-6,12,15,17H,7-11H2,1-2H3. The SMILES string of the molecule is CC(CC1COCCN1)N(C)Cc1ccc(Cl)cc1. The summed E-state index contributed by atoms with van der Waals surface area (Å²) < 4.78 is 5.50. The van der Waals surface area contributed by atoms with Crippen LogP contribution in [-0.4, -0.2) is 43.8 Å². The van der Waals surface area contributed by atoms with Crippen LogP contribution in [0.1, 0.15) is 18.9 Å². The second-order valence-corrected chi connectivity index (χ2v) is 5.79. The van der Waals surface area contributed by atoms with E-state index in [1.807, 2.05) is 12.1 Å². The van der Waals surface area contributed by atoms with Crippen LogP contribution in [0, 0.1) is 0 Å². The van der Waals surface area contributed by atoms with Crippen molar-refractivity contribution in [3.8, 4) is 0 Å². The second-order valence-electron chi connectivity index (χ2n) is 5.35. The molecule has 0 bridgehead atoms. The Labute approximate surface area is 120 Å². The molecule has 0 amide bonds. The van der Waals surface area contributed by atoms with Crippen molar-refractivity contribution in [1.29, 1.82) is 0 Å². The Balaban J connectivity index is 1.81. The summed E-state index contributed by atoms with van der Waals surface area (Å²) in [4.78, 5) is 2.37. The number of benzene rings is 1. The highest BCUT2D eigenvalue weighted by Gasteiger charge is 2.18. The van der Waals surface area contributed by atoms with E-state index in [1.54, 1.807) is 0 Å². The predicted octanol–water partition coefficient (Wildman–Crippen LogP) is 2.54. The van der Waals surface area contributed by atoms with Gasteiger partial charge in [0.05, 0.1) is 13.2 Å². The Morgan fingerprint density at radius 2 is 2.16 bits per heavy atom. The van der Waals surface area contributed by atoms with E-state index in [2.05, 4.69) is 36.3 Å². The molecular weight excluding hydrogens is 260 g/mol. The molecule has 0 saturated carbocycles. The molecule has 106 valence electrons. The molecular formula is C15H23ClN2O. The van der Waals surface area contributed by atoms with Crippen LogP contribution >= 0.6 is 11.6 Å². The van der Waals surface area contributed by atoms with Gasteiger partial charge in [-0.15, -0.1) is 0 Å². The lowest BCUT2D eigenvalue weighted by Crippen LogP contribution is -2.45. The maximum Gasteiger partial charge on any atom is 0.0620 e. The molecule has 2 atom stereocenters. The van der Waals surface area contributed by atoms with Gasteiger partial charge in [-0.25, -0.2) is 0 Å². The molecule has 2 rings (SSSR count). The van der Waals surface area contributed by atoms with Crippen LogP contribution < -0.4 is 5.32 Å². The average molecular weight is 283 g/mol. The lowest BCUT2D eigenvalue weighted by atomic mass is 10.1. The number of morpholine rings is 1. The molecule has 1 N–H and O–H groups in total. The molecule has 4 heteroatoms. The molecule has 0 spiro atoms. The molecule has 3 nitrogen and oxygen atoms in total. The van der Waals surface area contributed by atoms with Crippen molar-refractivity contribution >= 4 is 11.6 Å². The lowest BCUT2D eigenvalue weighted by molar-refractivity contribution is 0.0638. The number of hydrogen-bond acceptors (Lipinski definition) is 3. The van der Waals surface area contributed by atoms with Gasteiger partial charge in [-0.1, -0.05) is 23.7 Å². The number of halogens is 1. The largest absolute Gasteiger partial charge is 0.379 e. The van der Waals surface area contributed by atoms with Gasteiger partial charge in [0.15, 0.2) is 0 Å². The molecule has 0 aliphatic carbocycles. The number of rotatable bonds is 5. The first-order valence-corrected chi connectivity index (χ1v) is 7.29. The summed E-state index contributed by atoms with van der Waals surface area (Å²) in [6, 6.07) is 9.09. The maximum absolute atomic E-state index is 5.90. The monoisotopic (exact) mass is 282 g/mol. The Kier molecular flexibility index (Phi) is 5.64. The van der Waals surface area contributed by atoms with Crippen LogP contribution in [0.5, 0.6) is 0 Å². The third kappa shape index (κ3) is 4.77. The molecule has 1 aliphatic rings. The van der Waals surface area contributed by atoms with E-state index in [4.69, 9.17) is 16.3 Å². The third-order valence-corrected chi connectivity index (χ3v) is 3.97. The van der Waals surface area contributed by atoms with E-state index in [9.17, 15) is 0 Å². The van der Waals surface area contributed by atoms with E-state index in [0.717, 1.165) is 37.7 Å². The minimum absolute atomic E-state index is 0.483. The summed E-state index contributed by atoms with van der Waals surface area (Å²) in [6.45, 7) is 5.86. The van der Waals surface area contributed by atoms with Crippen molar-refractivity contribution in [2.45, 2.75) is 32.0 Å². The molecule has 19 heavy (non-hydrogen) atoms. The minimum atomic E-state index is 0.483. The molecule has 1 heterocycles. The fraction of sp³-hybridized carbons (Fsp3) is 0.600. The quantitative estimate of drug-likeness (QED) is 0.898.